The molecule has 0 saturated heterocycles. The standard InChI is InChI=1S/C37H26N4O/c1-4-14-29-24(10-1)25-11-2-5-15-30(25)39(29)23-20-21-35-27(22-23)26-12-9-19-34(36(26)42-35)41-33-18-8-7-17-32(33)40-31-16-6-3-13-28(31)38-37(40)41/h1-19,21-23,28,31H,20H2. The first-order valence-corrected chi connectivity index (χ1v) is 14.7. The number of fused-ring (bicyclic) bond motifs is 11. The molecule has 4 aromatic carbocycles. The van der Waals surface area contributed by atoms with E-state index in [1.807, 2.05) is 0 Å². The molecule has 5 heteroatoms. The number of anilines is 3. The van der Waals surface area contributed by atoms with Crippen LogP contribution in [0, 0.1) is 0 Å². The summed E-state index contributed by atoms with van der Waals surface area (Å²) in [5.41, 5.74) is 7.73. The van der Waals surface area contributed by atoms with Crippen LogP contribution in [-0.4, -0.2) is 22.6 Å². The summed E-state index contributed by atoms with van der Waals surface area (Å²) in [6.45, 7) is 0. The Morgan fingerprint density at radius 1 is 0.690 bits per heavy atom. The average molecular weight is 543 g/mol. The molecule has 4 aliphatic rings. The molecule has 3 atom stereocenters. The Labute approximate surface area is 241 Å². The maximum atomic E-state index is 6.72. The van der Waals surface area contributed by atoms with E-state index in [1.165, 1.54) is 32.7 Å². The minimum absolute atomic E-state index is 0.110. The van der Waals surface area contributed by atoms with Gasteiger partial charge < -0.3 is 13.9 Å². The molecule has 2 aromatic heterocycles. The van der Waals surface area contributed by atoms with Crippen LogP contribution in [0.2, 0.25) is 0 Å². The van der Waals surface area contributed by atoms with Crippen molar-refractivity contribution in [2.45, 2.75) is 24.5 Å². The predicted octanol–water partition coefficient (Wildman–Crippen LogP) is 6.94. The van der Waals surface area contributed by atoms with Gasteiger partial charge in [0.15, 0.2) is 5.58 Å². The van der Waals surface area contributed by atoms with E-state index in [2.05, 4.69) is 142 Å². The van der Waals surface area contributed by atoms with E-state index >= 15 is 0 Å². The van der Waals surface area contributed by atoms with Crippen molar-refractivity contribution in [1.29, 1.82) is 0 Å². The van der Waals surface area contributed by atoms with Crippen LogP contribution < -0.4 is 20.4 Å². The lowest BCUT2D eigenvalue weighted by molar-refractivity contribution is 0.565. The van der Waals surface area contributed by atoms with Crippen LogP contribution in [0.3, 0.4) is 0 Å². The highest BCUT2D eigenvalue weighted by molar-refractivity contribution is 6.23. The van der Waals surface area contributed by atoms with Gasteiger partial charge >= 0.3 is 0 Å². The summed E-state index contributed by atoms with van der Waals surface area (Å²) in [5, 5.41) is 4.90. The van der Waals surface area contributed by atoms with E-state index in [0.717, 1.165) is 40.1 Å². The molecule has 5 nitrogen and oxygen atoms in total. The van der Waals surface area contributed by atoms with E-state index < -0.39 is 0 Å². The average Bonchev–Trinajstić information content (AvgIpc) is 3.78. The summed E-state index contributed by atoms with van der Waals surface area (Å²) in [5.74, 6) is 0.959. The second-order valence-corrected chi connectivity index (χ2v) is 11.5. The van der Waals surface area contributed by atoms with Crippen molar-refractivity contribution in [2.24, 2.45) is 4.99 Å². The quantitative estimate of drug-likeness (QED) is 0.238. The number of aromatic nitrogens is 1. The zero-order valence-corrected chi connectivity index (χ0v) is 22.8. The van der Waals surface area contributed by atoms with E-state index in [4.69, 9.17) is 9.41 Å². The highest BCUT2D eigenvalue weighted by Gasteiger charge is 2.45. The van der Waals surface area contributed by atoms with Crippen molar-refractivity contribution in [3.63, 3.8) is 0 Å². The first-order valence-electron chi connectivity index (χ1n) is 14.7. The first kappa shape index (κ1) is 22.4. The Morgan fingerprint density at radius 2 is 1.38 bits per heavy atom. The highest BCUT2D eigenvalue weighted by atomic mass is 16.3. The molecule has 0 amide bonds. The van der Waals surface area contributed by atoms with Gasteiger partial charge in [-0.25, -0.2) is 4.99 Å². The van der Waals surface area contributed by atoms with E-state index in [0.29, 0.717) is 0 Å². The monoisotopic (exact) mass is 542 g/mol. The van der Waals surface area contributed by atoms with Gasteiger partial charge in [0.05, 0.1) is 35.2 Å². The summed E-state index contributed by atoms with van der Waals surface area (Å²) < 4.78 is 9.22. The van der Waals surface area contributed by atoms with Gasteiger partial charge in [-0.05, 0) is 48.9 Å². The van der Waals surface area contributed by atoms with Crippen molar-refractivity contribution in [3.8, 4) is 0 Å². The third-order valence-corrected chi connectivity index (χ3v) is 9.29. The lowest BCUT2D eigenvalue weighted by Gasteiger charge is -2.24. The van der Waals surface area contributed by atoms with Crippen LogP contribution in [0.25, 0.3) is 44.9 Å². The number of guanidine groups is 1. The van der Waals surface area contributed by atoms with Crippen molar-refractivity contribution >= 4 is 67.9 Å². The number of allylic oxidation sites excluding steroid dienone is 2. The molecule has 0 spiro atoms. The number of aliphatic imine (C=N–C) groups is 1. The molecule has 6 aromatic rings. The molecule has 2 aliphatic heterocycles. The van der Waals surface area contributed by atoms with E-state index in [1.54, 1.807) is 0 Å². The Balaban J connectivity index is 1.17. The summed E-state index contributed by atoms with van der Waals surface area (Å²) >= 11 is 0. The molecular weight excluding hydrogens is 516 g/mol. The van der Waals surface area contributed by atoms with Gasteiger partial charge in [0.1, 0.15) is 5.42 Å². The van der Waals surface area contributed by atoms with Crippen LogP contribution in [0.5, 0.6) is 0 Å². The summed E-state index contributed by atoms with van der Waals surface area (Å²) in [6, 6.07) is 33.1. The molecule has 0 bridgehead atoms. The number of nitrogens with zero attached hydrogens (tertiary/aromatic N) is 4. The Kier molecular flexibility index (Phi) is 4.34. The highest BCUT2D eigenvalue weighted by Crippen LogP contribution is 2.48. The number of rotatable bonds is 2. The van der Waals surface area contributed by atoms with Gasteiger partial charge in [-0.1, -0.05) is 85.0 Å². The van der Waals surface area contributed by atoms with E-state index in [9.17, 15) is 0 Å². The smallest absolute Gasteiger partial charge is 0.212 e. The lowest BCUT2D eigenvalue weighted by atomic mass is 10.0. The molecule has 3 unspecified atom stereocenters. The predicted molar refractivity (Wildman–Crippen MR) is 172 cm³/mol. The molecule has 0 N–H and O–H groups in total. The maximum absolute atomic E-state index is 6.72. The van der Waals surface area contributed by atoms with E-state index in [-0.39, 0.29) is 18.1 Å². The molecule has 4 heterocycles. The number of hydrogen-bond donors (Lipinski definition) is 0. The van der Waals surface area contributed by atoms with Crippen LogP contribution in [0.1, 0.15) is 12.5 Å². The largest absolute Gasteiger partial charge is 0.454 e. The number of para-hydroxylation sites is 5. The van der Waals surface area contributed by atoms with Crippen molar-refractivity contribution < 1.29 is 4.42 Å². The van der Waals surface area contributed by atoms with Crippen LogP contribution >= 0.6 is 0 Å². The first-order chi connectivity index (χ1) is 20.8. The Bertz CT molecular complexity index is 2280. The number of hydrogen-bond acceptors (Lipinski definition) is 4. The Morgan fingerprint density at radius 3 is 2.21 bits per heavy atom. The SMILES string of the molecule is C1=CC2N=C3N(c4cccc5c6c(oc45)=CCC(n4c5ccccc5c5ccccc54)C=6)c4ccccc4N3C2C=C1. The molecular formula is C37H26N4O. The molecule has 0 radical (unpaired) electrons. The van der Waals surface area contributed by atoms with Crippen molar-refractivity contribution in [3.05, 3.63) is 126 Å². The third-order valence-electron chi connectivity index (χ3n) is 9.29. The zero-order valence-electron chi connectivity index (χ0n) is 22.8. The van der Waals surface area contributed by atoms with Gasteiger partial charge in [-0.15, -0.1) is 0 Å². The zero-order chi connectivity index (χ0) is 27.4. The lowest BCUT2D eigenvalue weighted by Crippen LogP contribution is -2.39. The normalized spacial score (nSPS) is 21.7. The molecule has 2 aliphatic carbocycles. The maximum Gasteiger partial charge on any atom is 0.212 e. The van der Waals surface area contributed by atoms with Gasteiger partial charge in [0, 0.05) is 32.4 Å². The fourth-order valence-corrected chi connectivity index (χ4v) is 7.53. The molecule has 0 fully saturated rings. The Hall–Kier alpha value is -5.29. The van der Waals surface area contributed by atoms with Crippen LogP contribution in [0.15, 0.2) is 125 Å². The summed E-state index contributed by atoms with van der Waals surface area (Å²) in [6.07, 6.45) is 14.2. The van der Waals surface area contributed by atoms with Gasteiger partial charge in [-0.2, -0.15) is 0 Å². The molecule has 10 rings (SSSR count). The van der Waals surface area contributed by atoms with Crippen LogP contribution in [0.4, 0.5) is 17.1 Å². The van der Waals surface area contributed by atoms with Gasteiger partial charge in [0.25, 0.3) is 0 Å². The fraction of sp³-hybridized carbons (Fsp3) is 0.108. The van der Waals surface area contributed by atoms with Crippen molar-refractivity contribution in [2.75, 3.05) is 9.80 Å². The second kappa shape index (κ2) is 8.14. The van der Waals surface area contributed by atoms with Gasteiger partial charge in [0.2, 0.25) is 5.96 Å². The number of furan rings is 1. The van der Waals surface area contributed by atoms with Crippen LogP contribution in [-0.2, 0) is 0 Å². The summed E-state index contributed by atoms with van der Waals surface area (Å²) in [7, 11) is 0. The molecule has 42 heavy (non-hydrogen) atoms. The van der Waals surface area contributed by atoms with Gasteiger partial charge in [-0.3, -0.25) is 4.90 Å². The number of benzene rings is 4. The molecule has 200 valence electrons. The second-order valence-electron chi connectivity index (χ2n) is 11.5. The summed E-state index contributed by atoms with van der Waals surface area (Å²) in [4.78, 5) is 9.87. The minimum Gasteiger partial charge on any atom is -0.454 e. The van der Waals surface area contributed by atoms with Crippen molar-refractivity contribution in [1.82, 2.24) is 4.57 Å². The minimum atomic E-state index is 0.110. The fourth-order valence-electron chi connectivity index (χ4n) is 7.53. The molecule has 0 saturated carbocycles. The topological polar surface area (TPSA) is 36.9 Å². The third kappa shape index (κ3) is 2.85.